The van der Waals surface area contributed by atoms with Crippen LogP contribution in [0.3, 0.4) is 0 Å². The molecule has 9 rings (SSSR count). The molecule has 230 valence electrons. The highest BCUT2D eigenvalue weighted by Gasteiger charge is 2.19. The minimum absolute atomic E-state index is 0.590. The van der Waals surface area contributed by atoms with Crippen LogP contribution in [0.5, 0.6) is 0 Å². The van der Waals surface area contributed by atoms with Gasteiger partial charge in [-0.15, -0.1) is 0 Å². The monoisotopic (exact) mass is 635 g/mol. The van der Waals surface area contributed by atoms with Gasteiger partial charge in [0.15, 0.2) is 0 Å². The fourth-order valence-electron chi connectivity index (χ4n) is 7.44. The zero-order valence-corrected chi connectivity index (χ0v) is 26.7. The number of benzene rings is 7. The van der Waals surface area contributed by atoms with E-state index < -0.39 is 0 Å². The number of nitrogens with zero attached hydrogens (tertiary/aromatic N) is 5. The molecule has 9 aromatic rings. The summed E-state index contributed by atoms with van der Waals surface area (Å²) in [6.07, 6.45) is 0. The van der Waals surface area contributed by atoms with Gasteiger partial charge in [0.1, 0.15) is 6.07 Å². The van der Waals surface area contributed by atoms with Gasteiger partial charge < -0.3 is 9.13 Å². The average molecular weight is 636 g/mol. The van der Waals surface area contributed by atoms with Crippen molar-refractivity contribution in [3.63, 3.8) is 0 Å². The normalized spacial score (nSPS) is 11.1. The van der Waals surface area contributed by atoms with Gasteiger partial charge in [-0.1, -0.05) is 91.0 Å². The van der Waals surface area contributed by atoms with Crippen molar-refractivity contribution in [2.45, 2.75) is 0 Å². The van der Waals surface area contributed by atoms with Crippen LogP contribution < -0.4 is 0 Å². The molecule has 0 saturated heterocycles. The highest BCUT2D eigenvalue weighted by molar-refractivity contribution is 6.11. The third-order valence-electron chi connectivity index (χ3n) is 9.65. The van der Waals surface area contributed by atoms with E-state index in [1.807, 2.05) is 91.0 Å². The highest BCUT2D eigenvalue weighted by Crippen LogP contribution is 2.40. The first-order valence-corrected chi connectivity index (χ1v) is 16.3. The molecule has 0 fully saturated rings. The second-order valence-corrected chi connectivity index (χ2v) is 12.3. The molecule has 0 spiro atoms. The minimum atomic E-state index is 0.590. The van der Waals surface area contributed by atoms with E-state index in [1.165, 1.54) is 0 Å². The van der Waals surface area contributed by atoms with E-state index in [9.17, 15) is 15.8 Å². The Hall–Kier alpha value is -7.39. The smallest absolute Gasteiger partial charge is 0.100 e. The second kappa shape index (κ2) is 11.4. The summed E-state index contributed by atoms with van der Waals surface area (Å²) in [5.41, 5.74) is 11.4. The van der Waals surface area contributed by atoms with Gasteiger partial charge in [0.2, 0.25) is 0 Å². The quantitative estimate of drug-likeness (QED) is 0.193. The molecule has 0 aliphatic carbocycles. The number of rotatable bonds is 4. The maximum Gasteiger partial charge on any atom is 0.100 e. The fourth-order valence-corrected chi connectivity index (χ4v) is 7.44. The maximum atomic E-state index is 10.7. The third kappa shape index (κ3) is 4.31. The minimum Gasteiger partial charge on any atom is -0.309 e. The highest BCUT2D eigenvalue weighted by atomic mass is 15.0. The van der Waals surface area contributed by atoms with E-state index in [2.05, 4.69) is 88.0 Å². The zero-order valence-electron chi connectivity index (χ0n) is 26.7. The van der Waals surface area contributed by atoms with Crippen molar-refractivity contribution >= 4 is 43.6 Å². The Morgan fingerprint density at radius 1 is 0.380 bits per heavy atom. The van der Waals surface area contributed by atoms with Gasteiger partial charge in [0, 0.05) is 43.9 Å². The van der Waals surface area contributed by atoms with E-state index in [4.69, 9.17) is 0 Å². The Morgan fingerprint density at radius 2 is 0.960 bits per heavy atom. The molecule has 0 atom stereocenters. The molecule has 5 nitrogen and oxygen atoms in total. The van der Waals surface area contributed by atoms with Crippen LogP contribution in [0.4, 0.5) is 0 Å². The summed E-state index contributed by atoms with van der Waals surface area (Å²) in [4.78, 5) is 0. The summed E-state index contributed by atoms with van der Waals surface area (Å²) in [6, 6.07) is 57.7. The van der Waals surface area contributed by atoms with Crippen molar-refractivity contribution in [2.24, 2.45) is 0 Å². The lowest BCUT2D eigenvalue weighted by Crippen LogP contribution is -1.99. The number of hydrogen-bond donors (Lipinski definition) is 0. The van der Waals surface area contributed by atoms with E-state index in [0.717, 1.165) is 77.2 Å². The van der Waals surface area contributed by atoms with E-state index in [0.29, 0.717) is 16.7 Å². The number of para-hydroxylation sites is 3. The molecular weight excluding hydrogens is 611 g/mol. The Kier molecular flexibility index (Phi) is 6.56. The van der Waals surface area contributed by atoms with E-state index in [1.54, 1.807) is 0 Å². The first-order chi connectivity index (χ1) is 24.7. The molecule has 0 unspecified atom stereocenters. The number of fused-ring (bicyclic) bond motifs is 6. The first kappa shape index (κ1) is 28.8. The van der Waals surface area contributed by atoms with Crippen molar-refractivity contribution in [3.8, 4) is 51.8 Å². The average Bonchev–Trinajstić information content (AvgIpc) is 3.69. The van der Waals surface area contributed by atoms with Crippen LogP contribution in [0.15, 0.2) is 152 Å². The summed E-state index contributed by atoms with van der Waals surface area (Å²) in [7, 11) is 0. The molecule has 0 radical (unpaired) electrons. The van der Waals surface area contributed by atoms with E-state index >= 15 is 0 Å². The summed E-state index contributed by atoms with van der Waals surface area (Å²) in [6.45, 7) is 0. The number of hydrogen-bond acceptors (Lipinski definition) is 3. The molecule has 0 saturated carbocycles. The van der Waals surface area contributed by atoms with Crippen LogP contribution >= 0.6 is 0 Å². The largest absolute Gasteiger partial charge is 0.309 e. The topological polar surface area (TPSA) is 81.2 Å². The molecule has 7 aromatic carbocycles. The van der Waals surface area contributed by atoms with Crippen molar-refractivity contribution in [1.29, 1.82) is 15.8 Å². The van der Waals surface area contributed by atoms with Crippen molar-refractivity contribution in [3.05, 3.63) is 168 Å². The molecule has 5 heteroatoms. The van der Waals surface area contributed by atoms with Crippen molar-refractivity contribution in [1.82, 2.24) is 9.13 Å². The Bertz CT molecular complexity index is 2960. The summed E-state index contributed by atoms with van der Waals surface area (Å²) in [5.74, 6) is 0. The number of nitriles is 3. The van der Waals surface area contributed by atoms with Crippen LogP contribution in [0.1, 0.15) is 16.7 Å². The first-order valence-electron chi connectivity index (χ1n) is 16.3. The third-order valence-corrected chi connectivity index (χ3v) is 9.65. The van der Waals surface area contributed by atoms with Gasteiger partial charge in [0.05, 0.1) is 56.6 Å². The zero-order chi connectivity index (χ0) is 33.8. The van der Waals surface area contributed by atoms with Gasteiger partial charge in [-0.2, -0.15) is 15.8 Å². The van der Waals surface area contributed by atoms with Gasteiger partial charge in [0.25, 0.3) is 0 Å². The predicted octanol–water partition coefficient (Wildman–Crippen LogP) is 10.8. The molecule has 0 N–H and O–H groups in total. The lowest BCUT2D eigenvalue weighted by Gasteiger charge is -2.17. The van der Waals surface area contributed by atoms with Gasteiger partial charge in [-0.25, -0.2) is 0 Å². The van der Waals surface area contributed by atoms with E-state index in [-0.39, 0.29) is 0 Å². The molecule has 2 heterocycles. The van der Waals surface area contributed by atoms with Crippen molar-refractivity contribution in [2.75, 3.05) is 0 Å². The SMILES string of the molecule is N#Cc1ccc2c(c1)c1ccccc1n2-c1ccc(-c2cccc(-c3ccccc3-n3c4ccccc4c4ccc(C#N)cc43)c2C#N)cc1. The van der Waals surface area contributed by atoms with Crippen LogP contribution in [0, 0.1) is 34.0 Å². The molecule has 0 bridgehead atoms. The lowest BCUT2D eigenvalue weighted by molar-refractivity contribution is 1.18. The Balaban J connectivity index is 1.20. The summed E-state index contributed by atoms with van der Waals surface area (Å²) >= 11 is 0. The molecule has 0 aliphatic heterocycles. The second-order valence-electron chi connectivity index (χ2n) is 12.3. The van der Waals surface area contributed by atoms with Gasteiger partial charge >= 0.3 is 0 Å². The predicted molar refractivity (Wildman–Crippen MR) is 200 cm³/mol. The van der Waals surface area contributed by atoms with Crippen LogP contribution in [0.25, 0.3) is 77.2 Å². The standard InChI is InChI=1S/C45H25N5/c46-26-29-17-23-44-39(24-29)37-10-3-4-13-41(37)49(44)32-20-18-31(19-21-32)33-11-7-12-34(40(33)28-48)35-8-1-5-14-42(35)50-43-15-6-2-9-36(43)38-22-16-30(27-47)25-45(38)50/h1-25H. The summed E-state index contributed by atoms with van der Waals surface area (Å²) in [5, 5.41) is 34.3. The maximum absolute atomic E-state index is 10.7. The van der Waals surface area contributed by atoms with Crippen molar-refractivity contribution < 1.29 is 0 Å². The van der Waals surface area contributed by atoms with Crippen LogP contribution in [0.2, 0.25) is 0 Å². The Labute approximate surface area is 287 Å². The number of aromatic nitrogens is 2. The van der Waals surface area contributed by atoms with Gasteiger partial charge in [-0.3, -0.25) is 0 Å². The summed E-state index contributed by atoms with van der Waals surface area (Å²) < 4.78 is 4.42. The fraction of sp³-hybridized carbons (Fsp3) is 0. The molecular formula is C45H25N5. The van der Waals surface area contributed by atoms with Crippen LogP contribution in [-0.4, -0.2) is 9.13 Å². The lowest BCUT2D eigenvalue weighted by atomic mass is 9.91. The molecule has 2 aromatic heterocycles. The Morgan fingerprint density at radius 3 is 1.72 bits per heavy atom. The molecule has 0 amide bonds. The van der Waals surface area contributed by atoms with Crippen LogP contribution in [-0.2, 0) is 0 Å². The molecule has 0 aliphatic rings. The van der Waals surface area contributed by atoms with Gasteiger partial charge in [-0.05, 0) is 66.2 Å². The molecule has 50 heavy (non-hydrogen) atoms.